The molecule has 1 amide bonds. The predicted molar refractivity (Wildman–Crippen MR) is 112 cm³/mol. The summed E-state index contributed by atoms with van der Waals surface area (Å²) in [7, 11) is -3.65. The van der Waals surface area contributed by atoms with Crippen LogP contribution in [0.1, 0.15) is 36.2 Å². The van der Waals surface area contributed by atoms with Crippen molar-refractivity contribution in [1.82, 2.24) is 9.21 Å². The topological polar surface area (TPSA) is 66.9 Å². The zero-order valence-corrected chi connectivity index (χ0v) is 17.8. The van der Waals surface area contributed by atoms with Crippen molar-refractivity contribution in [3.63, 3.8) is 0 Å². The average Bonchev–Trinajstić information content (AvgIpc) is 2.78. The second-order valence-corrected chi connectivity index (χ2v) is 9.16. The van der Waals surface area contributed by atoms with E-state index in [1.807, 2.05) is 44.2 Å². The van der Waals surface area contributed by atoms with Crippen molar-refractivity contribution in [1.29, 1.82) is 0 Å². The van der Waals surface area contributed by atoms with Crippen molar-refractivity contribution in [3.05, 3.63) is 65.7 Å². The molecule has 2 aromatic rings. The quantitative estimate of drug-likeness (QED) is 0.695. The maximum absolute atomic E-state index is 13.3. The summed E-state index contributed by atoms with van der Waals surface area (Å²) in [5.74, 6) is -0.165. The van der Waals surface area contributed by atoms with E-state index in [9.17, 15) is 13.2 Å². The van der Waals surface area contributed by atoms with E-state index >= 15 is 0 Å². The molecule has 1 fully saturated rings. The minimum atomic E-state index is -3.65. The van der Waals surface area contributed by atoms with Gasteiger partial charge in [-0.1, -0.05) is 43.3 Å². The molecule has 0 bridgehead atoms. The lowest BCUT2D eigenvalue weighted by Gasteiger charge is -2.29. The van der Waals surface area contributed by atoms with Gasteiger partial charge in [0, 0.05) is 31.2 Å². The number of nitrogens with zero attached hydrogens (tertiary/aromatic N) is 2. The molecule has 0 spiro atoms. The monoisotopic (exact) mass is 416 g/mol. The van der Waals surface area contributed by atoms with Gasteiger partial charge in [-0.15, -0.1) is 0 Å². The molecule has 1 atom stereocenters. The molecule has 0 radical (unpaired) electrons. The molecule has 1 aliphatic heterocycles. The lowest BCUT2D eigenvalue weighted by atomic mass is 10.1. The molecule has 0 aromatic heterocycles. The lowest BCUT2D eigenvalue weighted by molar-refractivity contribution is 0.0671. The van der Waals surface area contributed by atoms with Gasteiger partial charge in [0.1, 0.15) is 0 Å². The molecule has 1 aliphatic rings. The van der Waals surface area contributed by atoms with Gasteiger partial charge in [0.25, 0.3) is 5.91 Å². The molecule has 156 valence electrons. The summed E-state index contributed by atoms with van der Waals surface area (Å²) in [6.07, 6.45) is 0.810. The van der Waals surface area contributed by atoms with Crippen LogP contribution in [0.5, 0.6) is 0 Å². The van der Waals surface area contributed by atoms with Gasteiger partial charge in [-0.2, -0.15) is 4.31 Å². The minimum absolute atomic E-state index is 0.0298. The fourth-order valence-corrected chi connectivity index (χ4v) is 4.77. The molecule has 1 heterocycles. The highest BCUT2D eigenvalue weighted by Crippen LogP contribution is 2.21. The average molecular weight is 417 g/mol. The Morgan fingerprint density at radius 2 is 1.79 bits per heavy atom. The smallest absolute Gasteiger partial charge is 0.254 e. The Bertz CT molecular complexity index is 925. The molecule has 1 unspecified atom stereocenters. The number of sulfonamides is 1. The Balaban J connectivity index is 1.88. The van der Waals surface area contributed by atoms with E-state index < -0.39 is 10.0 Å². The fourth-order valence-electron chi connectivity index (χ4n) is 3.32. The number of carbonyl (C=O) groups is 1. The second-order valence-electron chi connectivity index (χ2n) is 7.22. The van der Waals surface area contributed by atoms with Crippen LogP contribution in [0.4, 0.5) is 0 Å². The van der Waals surface area contributed by atoms with Gasteiger partial charge < -0.3 is 9.64 Å². The normalized spacial score (nSPS) is 16.3. The summed E-state index contributed by atoms with van der Waals surface area (Å²) < 4.78 is 32.6. The number of ether oxygens (including phenoxy) is 1. The van der Waals surface area contributed by atoms with Gasteiger partial charge in [-0.05, 0) is 37.1 Å². The maximum atomic E-state index is 13.3. The zero-order valence-electron chi connectivity index (χ0n) is 17.0. The summed E-state index contributed by atoms with van der Waals surface area (Å²) >= 11 is 0. The van der Waals surface area contributed by atoms with E-state index in [2.05, 4.69) is 0 Å². The van der Waals surface area contributed by atoms with Crippen molar-refractivity contribution >= 4 is 15.9 Å². The molecule has 0 saturated carbocycles. The third-order valence-corrected chi connectivity index (χ3v) is 7.16. The summed E-state index contributed by atoms with van der Waals surface area (Å²) in [5, 5.41) is 0. The van der Waals surface area contributed by atoms with Crippen LogP contribution in [0.2, 0.25) is 0 Å². The summed E-state index contributed by atoms with van der Waals surface area (Å²) in [6.45, 7) is 5.95. The summed E-state index contributed by atoms with van der Waals surface area (Å²) in [6, 6.07) is 16.2. The standard InChI is InChI=1S/C22H28N2O4S/c1-3-18(2)24(17-19-8-5-4-6-9-19)22(25)20-10-7-11-21(16-20)29(26,27)23-12-14-28-15-13-23/h4-11,16,18H,3,12-15,17H2,1-2H3. The number of hydrogen-bond donors (Lipinski definition) is 0. The molecular formula is C22H28N2O4S. The first-order valence-corrected chi connectivity index (χ1v) is 11.4. The van der Waals surface area contributed by atoms with Crippen molar-refractivity contribution in [2.75, 3.05) is 26.3 Å². The van der Waals surface area contributed by atoms with Crippen LogP contribution in [-0.4, -0.2) is 55.9 Å². The van der Waals surface area contributed by atoms with E-state index in [0.717, 1.165) is 12.0 Å². The van der Waals surface area contributed by atoms with E-state index in [0.29, 0.717) is 38.4 Å². The Morgan fingerprint density at radius 3 is 2.45 bits per heavy atom. The lowest BCUT2D eigenvalue weighted by Crippen LogP contribution is -2.41. The molecule has 0 aliphatic carbocycles. The van der Waals surface area contributed by atoms with Crippen molar-refractivity contribution in [2.45, 2.75) is 37.8 Å². The maximum Gasteiger partial charge on any atom is 0.254 e. The Labute approximate surface area is 173 Å². The predicted octanol–water partition coefficient (Wildman–Crippen LogP) is 3.15. The van der Waals surface area contributed by atoms with Crippen LogP contribution in [0.3, 0.4) is 0 Å². The van der Waals surface area contributed by atoms with E-state index in [4.69, 9.17) is 4.74 Å². The Kier molecular flexibility index (Phi) is 7.05. The van der Waals surface area contributed by atoms with Crippen molar-refractivity contribution in [3.8, 4) is 0 Å². The third-order valence-electron chi connectivity index (χ3n) is 5.27. The molecule has 7 heteroatoms. The van der Waals surface area contributed by atoms with Crippen LogP contribution >= 0.6 is 0 Å². The van der Waals surface area contributed by atoms with Gasteiger partial charge in [0.15, 0.2) is 0 Å². The van der Waals surface area contributed by atoms with Crippen molar-refractivity contribution in [2.24, 2.45) is 0 Å². The van der Waals surface area contributed by atoms with Gasteiger partial charge in [0.2, 0.25) is 10.0 Å². The largest absolute Gasteiger partial charge is 0.379 e. The number of morpholine rings is 1. The van der Waals surface area contributed by atoms with Crippen LogP contribution < -0.4 is 0 Å². The number of amides is 1. The number of rotatable bonds is 7. The van der Waals surface area contributed by atoms with Gasteiger partial charge in [-0.25, -0.2) is 8.42 Å². The highest BCUT2D eigenvalue weighted by Gasteiger charge is 2.28. The van der Waals surface area contributed by atoms with E-state index in [1.165, 1.54) is 10.4 Å². The molecule has 6 nitrogen and oxygen atoms in total. The Hall–Kier alpha value is -2.22. The van der Waals surface area contributed by atoms with Crippen LogP contribution in [0.15, 0.2) is 59.5 Å². The third kappa shape index (κ3) is 5.04. The number of benzene rings is 2. The minimum Gasteiger partial charge on any atom is -0.379 e. The fraction of sp³-hybridized carbons (Fsp3) is 0.409. The van der Waals surface area contributed by atoms with Gasteiger partial charge in [-0.3, -0.25) is 4.79 Å². The number of hydrogen-bond acceptors (Lipinski definition) is 4. The van der Waals surface area contributed by atoms with E-state index in [-0.39, 0.29) is 16.8 Å². The van der Waals surface area contributed by atoms with Gasteiger partial charge >= 0.3 is 0 Å². The first kappa shape index (κ1) is 21.5. The molecule has 0 N–H and O–H groups in total. The second kappa shape index (κ2) is 9.52. The highest BCUT2D eigenvalue weighted by molar-refractivity contribution is 7.89. The zero-order chi connectivity index (χ0) is 20.9. The molecule has 2 aromatic carbocycles. The molecule has 1 saturated heterocycles. The molecular weight excluding hydrogens is 388 g/mol. The van der Waals surface area contributed by atoms with Crippen molar-refractivity contribution < 1.29 is 17.9 Å². The molecule has 29 heavy (non-hydrogen) atoms. The SMILES string of the molecule is CCC(C)N(Cc1ccccc1)C(=O)c1cccc(S(=O)(=O)N2CCOCC2)c1. The highest BCUT2D eigenvalue weighted by atomic mass is 32.2. The molecule has 3 rings (SSSR count). The first-order chi connectivity index (χ1) is 13.9. The number of carbonyl (C=O) groups excluding carboxylic acids is 1. The van der Waals surface area contributed by atoms with Gasteiger partial charge in [0.05, 0.1) is 18.1 Å². The first-order valence-electron chi connectivity index (χ1n) is 9.96. The van der Waals surface area contributed by atoms with Crippen LogP contribution in [0, 0.1) is 0 Å². The summed E-state index contributed by atoms with van der Waals surface area (Å²) in [5.41, 5.74) is 1.42. The summed E-state index contributed by atoms with van der Waals surface area (Å²) in [4.78, 5) is 15.3. The van der Waals surface area contributed by atoms with E-state index in [1.54, 1.807) is 23.1 Å². The Morgan fingerprint density at radius 1 is 1.10 bits per heavy atom. The van der Waals surface area contributed by atoms with Crippen LogP contribution in [-0.2, 0) is 21.3 Å². The van der Waals surface area contributed by atoms with Crippen LogP contribution in [0.25, 0.3) is 0 Å².